The third kappa shape index (κ3) is 4.48. The summed E-state index contributed by atoms with van der Waals surface area (Å²) in [5, 5.41) is 0.921. The molecule has 7 heteroatoms. The van der Waals surface area contributed by atoms with Crippen molar-refractivity contribution < 1.29 is 9.53 Å². The van der Waals surface area contributed by atoms with Gasteiger partial charge in [0.05, 0.1) is 13.0 Å². The number of piperidine rings is 1. The summed E-state index contributed by atoms with van der Waals surface area (Å²) >= 11 is 1.43. The Balaban J connectivity index is 1.23. The Labute approximate surface area is 193 Å². The molecule has 6 nitrogen and oxygen atoms in total. The fraction of sp³-hybridized carbons (Fsp3) is 0.400. The molecule has 2 aliphatic heterocycles. The van der Waals surface area contributed by atoms with Crippen molar-refractivity contribution in [3.05, 3.63) is 71.0 Å². The summed E-state index contributed by atoms with van der Waals surface area (Å²) < 4.78 is 9.89. The van der Waals surface area contributed by atoms with Crippen LogP contribution in [-0.4, -0.2) is 46.9 Å². The van der Waals surface area contributed by atoms with Crippen LogP contribution in [-0.2, 0) is 24.2 Å². The predicted molar refractivity (Wildman–Crippen MR) is 126 cm³/mol. The lowest BCUT2D eigenvalue weighted by Gasteiger charge is -2.36. The smallest absolute Gasteiger partial charge is 0.227 e. The van der Waals surface area contributed by atoms with E-state index in [1.54, 1.807) is 7.11 Å². The second-order valence-electron chi connectivity index (χ2n) is 8.59. The quantitative estimate of drug-likeness (QED) is 0.592. The summed E-state index contributed by atoms with van der Waals surface area (Å²) in [6.07, 6.45) is 3.58. The van der Waals surface area contributed by atoms with Crippen LogP contribution in [0.1, 0.15) is 35.4 Å². The van der Waals surface area contributed by atoms with E-state index in [9.17, 15) is 4.79 Å². The lowest BCUT2D eigenvalue weighted by molar-refractivity contribution is -0.136. The molecule has 2 aliphatic rings. The largest absolute Gasteiger partial charge is 0.497 e. The highest BCUT2D eigenvalue weighted by Gasteiger charge is 2.32. The van der Waals surface area contributed by atoms with Crippen LogP contribution in [0, 0.1) is 5.92 Å². The van der Waals surface area contributed by atoms with Gasteiger partial charge >= 0.3 is 0 Å². The summed E-state index contributed by atoms with van der Waals surface area (Å²) in [5.74, 6) is 1.97. The highest BCUT2D eigenvalue weighted by atomic mass is 32.1. The molecule has 5 rings (SSSR count). The van der Waals surface area contributed by atoms with Crippen LogP contribution in [0.3, 0.4) is 0 Å². The van der Waals surface area contributed by atoms with Gasteiger partial charge in [0, 0.05) is 44.1 Å². The van der Waals surface area contributed by atoms with Crippen molar-refractivity contribution in [3.63, 3.8) is 0 Å². The Hall–Kier alpha value is -2.93. The molecule has 1 fully saturated rings. The maximum absolute atomic E-state index is 13.3. The fourth-order valence-corrected chi connectivity index (χ4v) is 5.42. The molecular formula is C25H28N4O2S. The van der Waals surface area contributed by atoms with E-state index in [4.69, 9.17) is 9.72 Å². The van der Waals surface area contributed by atoms with E-state index in [1.807, 2.05) is 23.1 Å². The molecule has 0 N–H and O–H groups in total. The van der Waals surface area contributed by atoms with Crippen LogP contribution in [0.25, 0.3) is 0 Å². The van der Waals surface area contributed by atoms with E-state index in [-0.39, 0.29) is 11.8 Å². The van der Waals surface area contributed by atoms with Crippen LogP contribution >= 0.6 is 11.5 Å². The zero-order valence-corrected chi connectivity index (χ0v) is 19.2. The van der Waals surface area contributed by atoms with Gasteiger partial charge in [-0.2, -0.15) is 4.37 Å². The Morgan fingerprint density at radius 2 is 2.03 bits per heavy atom. The summed E-state index contributed by atoms with van der Waals surface area (Å²) in [4.78, 5) is 22.4. The van der Waals surface area contributed by atoms with E-state index >= 15 is 0 Å². The highest BCUT2D eigenvalue weighted by molar-refractivity contribution is 7.09. The first kappa shape index (κ1) is 20.9. The van der Waals surface area contributed by atoms with Crippen molar-refractivity contribution in [2.75, 3.05) is 31.6 Å². The van der Waals surface area contributed by atoms with Gasteiger partial charge in [0.25, 0.3) is 0 Å². The first-order valence-electron chi connectivity index (χ1n) is 11.3. The maximum atomic E-state index is 13.3. The summed E-state index contributed by atoms with van der Waals surface area (Å²) in [6.45, 7) is 3.20. The first-order valence-corrected chi connectivity index (χ1v) is 12.0. The SMILES string of the molecule is COc1cccc(Cc2nsc(N3CCCC(C(=O)N4CCc5ccccc5C4)C3)n2)c1. The topological polar surface area (TPSA) is 58.6 Å². The Morgan fingerprint density at radius 3 is 2.91 bits per heavy atom. The third-order valence-electron chi connectivity index (χ3n) is 6.44. The Kier molecular flexibility index (Phi) is 6.08. The number of carbonyl (C=O) groups excluding carboxylic acids is 1. The van der Waals surface area contributed by atoms with Gasteiger partial charge < -0.3 is 14.5 Å². The minimum Gasteiger partial charge on any atom is -0.497 e. The number of methoxy groups -OCH3 is 1. The summed E-state index contributed by atoms with van der Waals surface area (Å²) in [6, 6.07) is 16.5. The second kappa shape index (κ2) is 9.28. The molecule has 1 aromatic heterocycles. The molecule has 0 aliphatic carbocycles. The number of amides is 1. The normalized spacial score (nSPS) is 18.3. The molecule has 166 valence electrons. The van der Waals surface area contributed by atoms with Gasteiger partial charge in [0.15, 0.2) is 0 Å². The third-order valence-corrected chi connectivity index (χ3v) is 7.25. The van der Waals surface area contributed by atoms with Gasteiger partial charge in [-0.3, -0.25) is 4.79 Å². The predicted octanol–water partition coefficient (Wildman–Crippen LogP) is 3.94. The lowest BCUT2D eigenvalue weighted by atomic mass is 9.94. The van der Waals surface area contributed by atoms with Crippen molar-refractivity contribution in [1.29, 1.82) is 0 Å². The van der Waals surface area contributed by atoms with Gasteiger partial charge in [-0.15, -0.1) is 0 Å². The number of anilines is 1. The molecule has 2 aromatic carbocycles. The molecule has 3 heterocycles. The minimum atomic E-state index is 0.0275. The minimum absolute atomic E-state index is 0.0275. The number of hydrogen-bond acceptors (Lipinski definition) is 6. The number of benzene rings is 2. The highest BCUT2D eigenvalue weighted by Crippen LogP contribution is 2.28. The van der Waals surface area contributed by atoms with Crippen LogP contribution in [0.5, 0.6) is 5.75 Å². The molecule has 1 atom stereocenters. The van der Waals surface area contributed by atoms with Gasteiger partial charge in [-0.1, -0.05) is 36.4 Å². The molecule has 0 radical (unpaired) electrons. The van der Waals surface area contributed by atoms with Crippen LogP contribution < -0.4 is 9.64 Å². The van der Waals surface area contributed by atoms with Crippen molar-refractivity contribution in [1.82, 2.24) is 14.3 Å². The van der Waals surface area contributed by atoms with Gasteiger partial charge in [0.2, 0.25) is 11.0 Å². The number of rotatable bonds is 5. The van der Waals surface area contributed by atoms with Crippen molar-refractivity contribution in [2.45, 2.75) is 32.2 Å². The average molecular weight is 449 g/mol. The molecule has 0 saturated carbocycles. The first-order chi connectivity index (χ1) is 15.7. The lowest BCUT2D eigenvalue weighted by Crippen LogP contribution is -2.46. The zero-order chi connectivity index (χ0) is 21.9. The molecular weight excluding hydrogens is 420 g/mol. The van der Waals surface area contributed by atoms with Crippen molar-refractivity contribution >= 4 is 22.6 Å². The van der Waals surface area contributed by atoms with Gasteiger partial charge in [-0.25, -0.2) is 4.98 Å². The number of carbonyl (C=O) groups is 1. The summed E-state index contributed by atoms with van der Waals surface area (Å²) in [5.41, 5.74) is 3.79. The number of nitrogens with zero attached hydrogens (tertiary/aromatic N) is 4. The number of fused-ring (bicyclic) bond motifs is 1. The van der Waals surface area contributed by atoms with E-state index in [0.29, 0.717) is 6.42 Å². The van der Waals surface area contributed by atoms with Crippen molar-refractivity contribution in [3.8, 4) is 5.75 Å². The fourth-order valence-electron chi connectivity index (χ4n) is 4.70. The summed E-state index contributed by atoms with van der Waals surface area (Å²) in [7, 11) is 1.68. The maximum Gasteiger partial charge on any atom is 0.227 e. The van der Waals surface area contributed by atoms with Gasteiger partial charge in [0.1, 0.15) is 11.6 Å². The van der Waals surface area contributed by atoms with E-state index in [1.165, 1.54) is 22.7 Å². The van der Waals surface area contributed by atoms with Crippen LogP contribution in [0.15, 0.2) is 48.5 Å². The second-order valence-corrected chi connectivity index (χ2v) is 9.32. The Bertz CT molecular complexity index is 1100. The van der Waals surface area contributed by atoms with Crippen LogP contribution in [0.2, 0.25) is 0 Å². The molecule has 1 unspecified atom stereocenters. The standard InChI is InChI=1S/C25H28N4O2S/c1-31-22-10-4-6-18(14-22)15-23-26-25(32-27-23)29-12-5-9-21(17-29)24(30)28-13-11-19-7-2-3-8-20(19)16-28/h2-4,6-8,10,14,21H,5,9,11-13,15-17H2,1H3. The Morgan fingerprint density at radius 1 is 1.16 bits per heavy atom. The van der Waals surface area contributed by atoms with E-state index in [2.05, 4.69) is 39.6 Å². The molecule has 0 bridgehead atoms. The molecule has 1 amide bonds. The van der Waals surface area contributed by atoms with Crippen LogP contribution in [0.4, 0.5) is 5.13 Å². The molecule has 32 heavy (non-hydrogen) atoms. The number of ether oxygens (including phenoxy) is 1. The average Bonchev–Trinajstić information content (AvgIpc) is 3.32. The monoisotopic (exact) mass is 448 g/mol. The molecule has 1 saturated heterocycles. The number of hydrogen-bond donors (Lipinski definition) is 0. The molecule has 3 aromatic rings. The van der Waals surface area contributed by atoms with Crippen molar-refractivity contribution in [2.24, 2.45) is 5.92 Å². The molecule has 0 spiro atoms. The van der Waals surface area contributed by atoms with E-state index < -0.39 is 0 Å². The number of aromatic nitrogens is 2. The zero-order valence-electron chi connectivity index (χ0n) is 18.4. The van der Waals surface area contributed by atoms with Gasteiger partial charge in [-0.05, 0) is 48.1 Å². The van der Waals surface area contributed by atoms with E-state index in [0.717, 1.165) is 67.7 Å².